The summed E-state index contributed by atoms with van der Waals surface area (Å²) >= 11 is 2.89. The number of fused-ring (bicyclic) bond motifs is 1. The van der Waals surface area contributed by atoms with Crippen molar-refractivity contribution in [1.29, 1.82) is 0 Å². The smallest absolute Gasteiger partial charge is 0.419 e. The van der Waals surface area contributed by atoms with Crippen LogP contribution < -0.4 is 16.6 Å². The molecule has 3 amide bonds. The van der Waals surface area contributed by atoms with Crippen LogP contribution in [0.25, 0.3) is 5.69 Å². The molecule has 0 saturated heterocycles. The number of carbonyl (C=O) groups excluding carboxylic acids is 4. The van der Waals surface area contributed by atoms with Crippen molar-refractivity contribution in [3.8, 4) is 5.69 Å². The van der Waals surface area contributed by atoms with Crippen LogP contribution in [0.2, 0.25) is 0 Å². The molecule has 1 aliphatic heterocycles. The zero-order valence-corrected chi connectivity index (χ0v) is 30.6. The Morgan fingerprint density at radius 2 is 1.75 bits per heavy atom. The second-order valence-electron chi connectivity index (χ2n) is 12.5. The van der Waals surface area contributed by atoms with Crippen molar-refractivity contribution < 1.29 is 41.8 Å². The second kappa shape index (κ2) is 16.1. The molecule has 3 aromatic rings. The Labute approximate surface area is 305 Å². The van der Waals surface area contributed by atoms with Crippen LogP contribution in [0.4, 0.5) is 23.9 Å². The molecular weight excluding hydrogens is 753 g/mol. The molecule has 13 nitrogen and oxygen atoms in total. The first-order valence-corrected chi connectivity index (χ1v) is 16.8. The number of alkyl halides is 3. The monoisotopic (exact) mass is 790 g/mol. The predicted molar refractivity (Wildman–Crippen MR) is 188 cm³/mol. The number of anilines is 1. The summed E-state index contributed by atoms with van der Waals surface area (Å²) in [5, 5.41) is 3.10. The fraction of sp³-hybridized carbons (Fsp3) is 0.371. The standard InChI is InChI=1S/C35H38BrF3N6O7/c1-7-19(4)41-33-42-27-16-44(30(47)22-10-13-26(36)25(15-22)35(37,38)39)20(5)14-24(27)31(48)45(33)23-11-8-21(9-12-23)29(46)43(6)34(50)52-17-51-32(49)28(40)18(2)3/h7-13,15,18-20,28H,1,14,16-17,40H2,2-6H3,(H,41,42)/t19-,20+,28+/m0/s1. The largest absolute Gasteiger partial charge is 0.427 e. The van der Waals surface area contributed by atoms with Crippen molar-refractivity contribution in [3.63, 3.8) is 0 Å². The van der Waals surface area contributed by atoms with Crippen molar-refractivity contribution in [2.75, 3.05) is 19.2 Å². The van der Waals surface area contributed by atoms with Crippen LogP contribution in [0.1, 0.15) is 65.2 Å². The van der Waals surface area contributed by atoms with E-state index in [-0.39, 0.29) is 52.2 Å². The lowest BCUT2D eigenvalue weighted by Crippen LogP contribution is -2.46. The van der Waals surface area contributed by atoms with Gasteiger partial charge < -0.3 is 25.4 Å². The third-order valence-corrected chi connectivity index (χ3v) is 9.12. The van der Waals surface area contributed by atoms with Gasteiger partial charge in [-0.1, -0.05) is 35.9 Å². The van der Waals surface area contributed by atoms with Crippen LogP contribution in [0.5, 0.6) is 0 Å². The summed E-state index contributed by atoms with van der Waals surface area (Å²) in [5.41, 5.74) is 5.04. The van der Waals surface area contributed by atoms with Crippen LogP contribution in [-0.4, -0.2) is 75.2 Å². The normalized spacial score (nSPS) is 15.3. The highest BCUT2D eigenvalue weighted by atomic mass is 79.9. The molecule has 0 spiro atoms. The molecule has 2 aromatic carbocycles. The van der Waals surface area contributed by atoms with Gasteiger partial charge in [-0.2, -0.15) is 13.2 Å². The highest BCUT2D eigenvalue weighted by Gasteiger charge is 2.36. The van der Waals surface area contributed by atoms with Gasteiger partial charge in [0.15, 0.2) is 0 Å². The lowest BCUT2D eigenvalue weighted by Gasteiger charge is -2.35. The van der Waals surface area contributed by atoms with E-state index in [1.807, 2.05) is 0 Å². The zero-order chi connectivity index (χ0) is 38.7. The average molecular weight is 792 g/mol. The summed E-state index contributed by atoms with van der Waals surface area (Å²) in [4.78, 5) is 71.7. The number of rotatable bonds is 10. The van der Waals surface area contributed by atoms with Gasteiger partial charge in [0, 0.05) is 40.3 Å². The number of nitrogens with zero attached hydrogens (tertiary/aromatic N) is 4. The molecule has 0 unspecified atom stereocenters. The Balaban J connectivity index is 1.59. The van der Waals surface area contributed by atoms with Gasteiger partial charge in [0.2, 0.25) is 12.7 Å². The van der Waals surface area contributed by atoms with E-state index < -0.39 is 60.1 Å². The minimum Gasteiger partial charge on any atom is -0.427 e. The number of halogens is 4. The van der Waals surface area contributed by atoms with E-state index in [1.54, 1.807) is 33.8 Å². The number of benzene rings is 2. The summed E-state index contributed by atoms with van der Waals surface area (Å²) in [6, 6.07) is 7.15. The Kier molecular flexibility index (Phi) is 12.3. The summed E-state index contributed by atoms with van der Waals surface area (Å²) < 4.78 is 51.5. The number of nitrogens with two attached hydrogens (primary N) is 1. The predicted octanol–water partition coefficient (Wildman–Crippen LogP) is 5.28. The molecule has 4 rings (SSSR count). The Morgan fingerprint density at radius 3 is 2.35 bits per heavy atom. The second-order valence-corrected chi connectivity index (χ2v) is 13.4. The number of hydrogen-bond acceptors (Lipinski definition) is 10. The summed E-state index contributed by atoms with van der Waals surface area (Å²) in [6.45, 7) is 9.78. The Hall–Kier alpha value is -5.03. The van der Waals surface area contributed by atoms with E-state index in [2.05, 4.69) is 32.8 Å². The first-order chi connectivity index (χ1) is 24.3. The van der Waals surface area contributed by atoms with Crippen molar-refractivity contribution in [3.05, 3.63) is 97.9 Å². The van der Waals surface area contributed by atoms with Crippen molar-refractivity contribution in [2.45, 2.75) is 65.0 Å². The van der Waals surface area contributed by atoms with Crippen LogP contribution >= 0.6 is 15.9 Å². The van der Waals surface area contributed by atoms with Gasteiger partial charge in [-0.3, -0.25) is 19.2 Å². The van der Waals surface area contributed by atoms with E-state index in [4.69, 9.17) is 15.2 Å². The summed E-state index contributed by atoms with van der Waals surface area (Å²) in [7, 11) is 1.18. The van der Waals surface area contributed by atoms with Crippen LogP contribution in [0, 0.1) is 5.92 Å². The molecule has 0 radical (unpaired) electrons. The highest BCUT2D eigenvalue weighted by Crippen LogP contribution is 2.36. The first kappa shape index (κ1) is 39.8. The van der Waals surface area contributed by atoms with Crippen molar-refractivity contribution in [2.24, 2.45) is 11.7 Å². The number of esters is 1. The van der Waals surface area contributed by atoms with Gasteiger partial charge in [0.25, 0.3) is 17.4 Å². The fourth-order valence-corrected chi connectivity index (χ4v) is 5.68. The minimum absolute atomic E-state index is 0.0645. The first-order valence-electron chi connectivity index (χ1n) is 16.0. The van der Waals surface area contributed by atoms with Gasteiger partial charge >= 0.3 is 18.2 Å². The molecule has 0 aliphatic carbocycles. The maximum atomic E-state index is 14.1. The van der Waals surface area contributed by atoms with E-state index in [0.29, 0.717) is 16.2 Å². The van der Waals surface area contributed by atoms with Crippen LogP contribution in [0.3, 0.4) is 0 Å². The minimum atomic E-state index is -4.68. The molecule has 2 heterocycles. The summed E-state index contributed by atoms with van der Waals surface area (Å²) in [5.74, 6) is -2.27. The van der Waals surface area contributed by atoms with Gasteiger partial charge in [-0.15, -0.1) is 6.58 Å². The topological polar surface area (TPSA) is 166 Å². The average Bonchev–Trinajstić information content (AvgIpc) is 3.10. The molecule has 0 bridgehead atoms. The molecule has 1 aromatic heterocycles. The molecule has 1 aliphatic rings. The molecule has 3 N–H and O–H groups in total. The van der Waals surface area contributed by atoms with Gasteiger partial charge in [-0.05, 0) is 68.7 Å². The highest BCUT2D eigenvalue weighted by molar-refractivity contribution is 9.10. The van der Waals surface area contributed by atoms with E-state index in [1.165, 1.54) is 52.9 Å². The lowest BCUT2D eigenvalue weighted by atomic mass is 9.98. The van der Waals surface area contributed by atoms with Crippen LogP contribution in [-0.2, 0) is 33.4 Å². The third kappa shape index (κ3) is 8.70. The number of aromatic nitrogens is 2. The SMILES string of the molecule is C=C[C@H](C)Nc1nc2c(c(=O)n1-c1ccc(C(=O)N(C)C(=O)OCOC(=O)[C@H](N)C(C)C)cc1)C[C@@H](C)N(C(=O)c1ccc(Br)c(C(F)(F)F)c1)C2. The Bertz CT molecular complexity index is 1930. The van der Waals surface area contributed by atoms with E-state index >= 15 is 0 Å². The number of nitrogens with one attached hydrogen (secondary N) is 1. The van der Waals surface area contributed by atoms with Gasteiger partial charge in [0.1, 0.15) is 6.04 Å². The third-order valence-electron chi connectivity index (χ3n) is 8.43. The number of imide groups is 1. The zero-order valence-electron chi connectivity index (χ0n) is 29.0. The maximum Gasteiger partial charge on any atom is 0.419 e. The molecule has 0 saturated carbocycles. The van der Waals surface area contributed by atoms with E-state index in [9.17, 15) is 37.1 Å². The number of amides is 3. The summed E-state index contributed by atoms with van der Waals surface area (Å²) in [6.07, 6.45) is -4.12. The molecule has 17 heteroatoms. The molecular formula is C35H38BrF3N6O7. The van der Waals surface area contributed by atoms with Crippen LogP contribution in [0.15, 0.2) is 64.4 Å². The Morgan fingerprint density at radius 1 is 1.12 bits per heavy atom. The lowest BCUT2D eigenvalue weighted by molar-refractivity contribution is -0.154. The quantitative estimate of drug-likeness (QED) is 0.157. The molecule has 3 atom stereocenters. The van der Waals surface area contributed by atoms with Crippen molar-refractivity contribution in [1.82, 2.24) is 19.4 Å². The van der Waals surface area contributed by atoms with Crippen molar-refractivity contribution >= 4 is 45.8 Å². The number of ether oxygens (including phenoxy) is 2. The fourth-order valence-electron chi connectivity index (χ4n) is 5.20. The number of carbonyl (C=O) groups is 4. The molecule has 52 heavy (non-hydrogen) atoms. The maximum absolute atomic E-state index is 14.1. The van der Waals surface area contributed by atoms with E-state index in [0.717, 1.165) is 6.07 Å². The van der Waals surface area contributed by atoms with Gasteiger partial charge in [-0.25, -0.2) is 19.2 Å². The molecule has 0 fully saturated rings. The number of hydrogen-bond donors (Lipinski definition) is 2. The van der Waals surface area contributed by atoms with Gasteiger partial charge in [0.05, 0.1) is 23.5 Å². The molecule has 278 valence electrons.